The molecule has 11 heteroatoms. The number of H-pyrrole nitrogens is 1. The average molecular weight is 479 g/mol. The fraction of sp³-hybridized carbons (Fsp3) is 0.500. The zero-order chi connectivity index (χ0) is 23.3. The molecule has 2 aromatic heterocycles. The molecule has 0 spiro atoms. The van der Waals surface area contributed by atoms with Crippen LogP contribution in [-0.4, -0.2) is 43.4 Å². The van der Waals surface area contributed by atoms with E-state index < -0.39 is 18.3 Å². The number of alkyl halides is 3. The van der Waals surface area contributed by atoms with Crippen molar-refractivity contribution in [3.63, 3.8) is 0 Å². The number of nitrogens with one attached hydrogen (secondary N) is 2. The van der Waals surface area contributed by atoms with Crippen LogP contribution in [0.5, 0.6) is 0 Å². The summed E-state index contributed by atoms with van der Waals surface area (Å²) in [6, 6.07) is 5.15. The SMILES string of the molecule is Cc1ccc(C2CC(C(F)(F)F)n3nc(-c4n[nH]c(=S)n4CC4CCCO4)cc3N2)cc1C. The Hall–Kier alpha value is -2.66. The van der Waals surface area contributed by atoms with Gasteiger partial charge in [0, 0.05) is 19.1 Å². The van der Waals surface area contributed by atoms with Gasteiger partial charge in [-0.05, 0) is 55.6 Å². The minimum absolute atomic E-state index is 0.000459. The number of rotatable bonds is 4. The highest BCUT2D eigenvalue weighted by atomic mass is 32.1. The molecule has 0 amide bonds. The molecule has 2 aliphatic rings. The highest BCUT2D eigenvalue weighted by Crippen LogP contribution is 2.44. The average Bonchev–Trinajstić information content (AvgIpc) is 3.49. The number of aromatic nitrogens is 5. The number of benzene rings is 1. The van der Waals surface area contributed by atoms with Crippen molar-refractivity contribution in [3.8, 4) is 11.5 Å². The van der Waals surface area contributed by atoms with Gasteiger partial charge >= 0.3 is 6.18 Å². The van der Waals surface area contributed by atoms with E-state index in [0.717, 1.165) is 34.2 Å². The summed E-state index contributed by atoms with van der Waals surface area (Å²) in [6.45, 7) is 5.12. The molecule has 2 aliphatic heterocycles. The molecule has 1 aromatic carbocycles. The summed E-state index contributed by atoms with van der Waals surface area (Å²) in [5.41, 5.74) is 3.30. The van der Waals surface area contributed by atoms with Crippen LogP contribution in [0.1, 0.15) is 48.0 Å². The van der Waals surface area contributed by atoms with Crippen molar-refractivity contribution in [2.24, 2.45) is 0 Å². The molecule has 3 unspecified atom stereocenters. The van der Waals surface area contributed by atoms with Gasteiger partial charge in [0.25, 0.3) is 0 Å². The Kier molecular flexibility index (Phi) is 5.56. The summed E-state index contributed by atoms with van der Waals surface area (Å²) in [5, 5.41) is 14.6. The second-order valence-electron chi connectivity index (χ2n) is 8.79. The zero-order valence-electron chi connectivity index (χ0n) is 18.3. The highest BCUT2D eigenvalue weighted by molar-refractivity contribution is 7.71. The van der Waals surface area contributed by atoms with Gasteiger partial charge in [-0.3, -0.25) is 9.67 Å². The first-order chi connectivity index (χ1) is 15.7. The van der Waals surface area contributed by atoms with E-state index in [9.17, 15) is 13.2 Å². The van der Waals surface area contributed by atoms with E-state index in [1.807, 2.05) is 32.0 Å². The van der Waals surface area contributed by atoms with Crippen molar-refractivity contribution in [1.82, 2.24) is 24.5 Å². The monoisotopic (exact) mass is 478 g/mol. The number of fused-ring (bicyclic) bond motifs is 1. The maximum Gasteiger partial charge on any atom is 0.410 e. The molecule has 5 rings (SSSR count). The van der Waals surface area contributed by atoms with E-state index in [2.05, 4.69) is 20.6 Å². The minimum Gasteiger partial charge on any atom is -0.376 e. The van der Waals surface area contributed by atoms with Crippen LogP contribution in [0.25, 0.3) is 11.5 Å². The number of halogens is 3. The Morgan fingerprint density at radius 2 is 2.03 bits per heavy atom. The second-order valence-corrected chi connectivity index (χ2v) is 9.18. The number of aromatic amines is 1. The first kappa shape index (κ1) is 22.1. The molecule has 3 aromatic rings. The Labute approximate surface area is 194 Å². The summed E-state index contributed by atoms with van der Waals surface area (Å²) in [6.07, 6.45) is -2.72. The van der Waals surface area contributed by atoms with E-state index in [0.29, 0.717) is 35.3 Å². The molecule has 4 heterocycles. The maximum absolute atomic E-state index is 14.1. The third-order valence-electron chi connectivity index (χ3n) is 6.52. The molecular formula is C22H25F3N6OS. The molecule has 7 nitrogen and oxygen atoms in total. The molecule has 33 heavy (non-hydrogen) atoms. The Bertz CT molecular complexity index is 1220. The van der Waals surface area contributed by atoms with Crippen LogP contribution in [0.2, 0.25) is 0 Å². The van der Waals surface area contributed by atoms with Crippen LogP contribution in [0.15, 0.2) is 24.3 Å². The maximum atomic E-state index is 14.1. The van der Waals surface area contributed by atoms with Crippen molar-refractivity contribution in [2.75, 3.05) is 11.9 Å². The van der Waals surface area contributed by atoms with E-state index in [-0.39, 0.29) is 12.5 Å². The predicted molar refractivity (Wildman–Crippen MR) is 120 cm³/mol. The van der Waals surface area contributed by atoms with Crippen molar-refractivity contribution in [3.05, 3.63) is 45.7 Å². The smallest absolute Gasteiger partial charge is 0.376 e. The number of anilines is 1. The summed E-state index contributed by atoms with van der Waals surface area (Å²) in [7, 11) is 0. The second kappa shape index (κ2) is 8.28. The topological polar surface area (TPSA) is 72.7 Å². The molecule has 2 N–H and O–H groups in total. The lowest BCUT2D eigenvalue weighted by Crippen LogP contribution is -2.35. The number of hydrogen-bond acceptors (Lipinski definition) is 5. The van der Waals surface area contributed by atoms with Crippen LogP contribution >= 0.6 is 12.2 Å². The molecule has 0 radical (unpaired) electrons. The molecule has 1 fully saturated rings. The third-order valence-corrected chi connectivity index (χ3v) is 6.83. The lowest BCUT2D eigenvalue weighted by molar-refractivity contribution is -0.173. The summed E-state index contributed by atoms with van der Waals surface area (Å²) < 4.78 is 51.1. The van der Waals surface area contributed by atoms with Gasteiger partial charge < -0.3 is 10.1 Å². The molecule has 0 aliphatic carbocycles. The molecular weight excluding hydrogens is 453 g/mol. The minimum atomic E-state index is -4.44. The standard InChI is InChI=1S/C22H25F3N6OS/c1-12-5-6-14(8-13(12)2)16-9-18(22(23,24)25)31-19(26-16)10-17(29-31)20-27-28-21(33)30(20)11-15-4-3-7-32-15/h5-6,8,10,15-16,18,26H,3-4,7,9,11H2,1-2H3,(H,28,33). The van der Waals surface area contributed by atoms with Gasteiger partial charge in [-0.15, -0.1) is 0 Å². The van der Waals surface area contributed by atoms with Crippen molar-refractivity contribution >= 4 is 18.0 Å². The Morgan fingerprint density at radius 1 is 1.21 bits per heavy atom. The zero-order valence-corrected chi connectivity index (χ0v) is 19.1. The molecule has 0 saturated carbocycles. The van der Waals surface area contributed by atoms with Gasteiger partial charge in [0.1, 0.15) is 11.5 Å². The molecule has 176 valence electrons. The van der Waals surface area contributed by atoms with Crippen LogP contribution in [0, 0.1) is 18.6 Å². The number of ether oxygens (including phenoxy) is 1. The van der Waals surface area contributed by atoms with Gasteiger partial charge in [0.2, 0.25) is 0 Å². The highest BCUT2D eigenvalue weighted by Gasteiger charge is 2.46. The predicted octanol–water partition coefficient (Wildman–Crippen LogP) is 5.26. The van der Waals surface area contributed by atoms with Crippen molar-refractivity contribution in [1.29, 1.82) is 0 Å². The lowest BCUT2D eigenvalue weighted by atomic mass is 9.94. The van der Waals surface area contributed by atoms with Gasteiger partial charge in [-0.1, -0.05) is 18.2 Å². The summed E-state index contributed by atoms with van der Waals surface area (Å²) >= 11 is 5.36. The first-order valence-electron chi connectivity index (χ1n) is 11.0. The molecule has 1 saturated heterocycles. The number of aryl methyl sites for hydroxylation is 2. The van der Waals surface area contributed by atoms with Crippen molar-refractivity contribution in [2.45, 2.75) is 64.0 Å². The fourth-order valence-electron chi connectivity index (χ4n) is 4.56. The van der Waals surface area contributed by atoms with Gasteiger partial charge in [-0.25, -0.2) is 4.68 Å². The van der Waals surface area contributed by atoms with E-state index >= 15 is 0 Å². The van der Waals surface area contributed by atoms with Crippen LogP contribution in [0.3, 0.4) is 0 Å². The van der Waals surface area contributed by atoms with Gasteiger partial charge in [-0.2, -0.15) is 23.4 Å². The van der Waals surface area contributed by atoms with E-state index in [1.54, 1.807) is 10.6 Å². The normalized spacial score (nSPS) is 22.9. The van der Waals surface area contributed by atoms with Crippen LogP contribution in [-0.2, 0) is 11.3 Å². The third kappa shape index (κ3) is 4.19. The number of hydrogen-bond donors (Lipinski definition) is 2. The van der Waals surface area contributed by atoms with Crippen LogP contribution in [0.4, 0.5) is 19.0 Å². The number of nitrogens with zero attached hydrogens (tertiary/aromatic N) is 4. The van der Waals surface area contributed by atoms with E-state index in [4.69, 9.17) is 17.0 Å². The fourth-order valence-corrected chi connectivity index (χ4v) is 4.76. The molecule has 3 atom stereocenters. The quantitative estimate of drug-likeness (QED) is 0.501. The molecule has 0 bridgehead atoms. The summed E-state index contributed by atoms with van der Waals surface area (Å²) in [4.78, 5) is 0. The lowest BCUT2D eigenvalue weighted by Gasteiger charge is -2.33. The summed E-state index contributed by atoms with van der Waals surface area (Å²) in [5.74, 6) is 0.710. The largest absolute Gasteiger partial charge is 0.410 e. The van der Waals surface area contributed by atoms with Crippen LogP contribution < -0.4 is 5.32 Å². The first-order valence-corrected chi connectivity index (χ1v) is 11.4. The Morgan fingerprint density at radius 3 is 2.73 bits per heavy atom. The Balaban J connectivity index is 1.52. The van der Waals surface area contributed by atoms with Gasteiger partial charge in [0.05, 0.1) is 18.7 Å². The van der Waals surface area contributed by atoms with Crippen molar-refractivity contribution < 1.29 is 17.9 Å². The van der Waals surface area contributed by atoms with Gasteiger partial charge in [0.15, 0.2) is 16.6 Å². The van der Waals surface area contributed by atoms with E-state index in [1.165, 1.54) is 0 Å².